The van der Waals surface area contributed by atoms with Crippen LogP contribution in [0.4, 0.5) is 0 Å². The summed E-state index contributed by atoms with van der Waals surface area (Å²) in [5.41, 5.74) is 8.28. The van der Waals surface area contributed by atoms with Crippen molar-refractivity contribution in [3.8, 4) is 0 Å². The molecule has 8 heteroatoms. The highest BCUT2D eigenvalue weighted by Crippen LogP contribution is 2.22. The van der Waals surface area contributed by atoms with Crippen LogP contribution in [0.5, 0.6) is 0 Å². The lowest BCUT2D eigenvalue weighted by Crippen LogP contribution is -2.42. The van der Waals surface area contributed by atoms with Crippen LogP contribution >= 0.6 is 11.3 Å². The lowest BCUT2D eigenvalue weighted by Gasteiger charge is -2.32. The van der Waals surface area contributed by atoms with Crippen LogP contribution in [0.1, 0.15) is 32.6 Å². The number of hydrogen-bond acceptors (Lipinski definition) is 6. The van der Waals surface area contributed by atoms with E-state index in [9.17, 15) is 9.59 Å². The molecule has 0 saturated carbocycles. The molecule has 3 heterocycles. The first-order valence-corrected chi connectivity index (χ1v) is 7.64. The van der Waals surface area contributed by atoms with Gasteiger partial charge in [-0.05, 0) is 12.1 Å². The molecule has 22 heavy (non-hydrogen) atoms. The largest absolute Gasteiger partial charge is 0.368 e. The van der Waals surface area contributed by atoms with Gasteiger partial charge in [0.15, 0.2) is 0 Å². The number of amides is 2. The fourth-order valence-electron chi connectivity index (χ4n) is 2.23. The van der Waals surface area contributed by atoms with Crippen molar-refractivity contribution in [2.45, 2.75) is 6.10 Å². The van der Waals surface area contributed by atoms with Gasteiger partial charge in [0.1, 0.15) is 11.8 Å². The van der Waals surface area contributed by atoms with Crippen LogP contribution in [0.2, 0.25) is 0 Å². The molecular weight excluding hydrogens is 304 g/mol. The average molecular weight is 318 g/mol. The number of pyridine rings is 1. The SMILES string of the molecule is NC(=O)c1ccc(C2CN(C(=O)c3cscn3)CCO2)nc1. The van der Waals surface area contributed by atoms with Crippen molar-refractivity contribution in [2.24, 2.45) is 5.73 Å². The van der Waals surface area contributed by atoms with Gasteiger partial charge in [0.2, 0.25) is 5.91 Å². The summed E-state index contributed by atoms with van der Waals surface area (Å²) in [6.45, 7) is 1.35. The van der Waals surface area contributed by atoms with Gasteiger partial charge in [-0.2, -0.15) is 0 Å². The van der Waals surface area contributed by atoms with Crippen LogP contribution in [-0.2, 0) is 4.74 Å². The summed E-state index contributed by atoms with van der Waals surface area (Å²) < 4.78 is 5.67. The van der Waals surface area contributed by atoms with E-state index in [1.165, 1.54) is 17.5 Å². The molecule has 1 aliphatic heterocycles. The van der Waals surface area contributed by atoms with Crippen molar-refractivity contribution >= 4 is 23.2 Å². The summed E-state index contributed by atoms with van der Waals surface area (Å²) in [5, 5.41) is 1.73. The van der Waals surface area contributed by atoms with E-state index in [0.717, 1.165) is 0 Å². The van der Waals surface area contributed by atoms with Crippen molar-refractivity contribution in [3.05, 3.63) is 46.2 Å². The fourth-order valence-corrected chi connectivity index (χ4v) is 2.76. The number of thiazole rings is 1. The first-order valence-electron chi connectivity index (χ1n) is 6.70. The number of carbonyl (C=O) groups excluding carboxylic acids is 2. The van der Waals surface area contributed by atoms with Crippen LogP contribution in [-0.4, -0.2) is 46.4 Å². The molecule has 3 rings (SSSR count). The van der Waals surface area contributed by atoms with Crippen molar-refractivity contribution < 1.29 is 14.3 Å². The van der Waals surface area contributed by atoms with E-state index in [1.54, 1.807) is 27.9 Å². The van der Waals surface area contributed by atoms with Gasteiger partial charge in [-0.1, -0.05) is 0 Å². The molecule has 1 saturated heterocycles. The lowest BCUT2D eigenvalue weighted by molar-refractivity contribution is -0.0249. The van der Waals surface area contributed by atoms with Crippen LogP contribution in [0.3, 0.4) is 0 Å². The number of hydrogen-bond donors (Lipinski definition) is 1. The summed E-state index contributed by atoms with van der Waals surface area (Å²) >= 11 is 1.39. The summed E-state index contributed by atoms with van der Waals surface area (Å²) in [5.74, 6) is -0.632. The monoisotopic (exact) mass is 318 g/mol. The minimum atomic E-state index is -0.524. The number of nitrogens with two attached hydrogens (primary N) is 1. The quantitative estimate of drug-likeness (QED) is 0.904. The van der Waals surface area contributed by atoms with E-state index < -0.39 is 5.91 Å². The molecule has 7 nitrogen and oxygen atoms in total. The average Bonchev–Trinajstić information content (AvgIpc) is 3.09. The number of carbonyl (C=O) groups is 2. The Hall–Kier alpha value is -2.32. The third kappa shape index (κ3) is 2.97. The fraction of sp³-hybridized carbons (Fsp3) is 0.286. The van der Waals surface area contributed by atoms with E-state index in [-0.39, 0.29) is 12.0 Å². The minimum Gasteiger partial charge on any atom is -0.368 e. The van der Waals surface area contributed by atoms with Gasteiger partial charge in [0, 0.05) is 18.1 Å². The maximum Gasteiger partial charge on any atom is 0.273 e. The molecule has 1 fully saturated rings. The van der Waals surface area contributed by atoms with Crippen molar-refractivity contribution in [2.75, 3.05) is 19.7 Å². The molecular formula is C14H14N4O3S. The third-order valence-electron chi connectivity index (χ3n) is 3.41. The summed E-state index contributed by atoms with van der Waals surface area (Å²) in [6, 6.07) is 3.30. The lowest BCUT2D eigenvalue weighted by atomic mass is 10.1. The van der Waals surface area contributed by atoms with Crippen molar-refractivity contribution in [1.82, 2.24) is 14.9 Å². The predicted octanol–water partition coefficient (Wildman–Crippen LogP) is 0.851. The van der Waals surface area contributed by atoms with Crippen LogP contribution in [0.15, 0.2) is 29.2 Å². The Kier molecular flexibility index (Phi) is 4.12. The highest BCUT2D eigenvalue weighted by atomic mass is 32.1. The van der Waals surface area contributed by atoms with Gasteiger partial charge in [0.05, 0.1) is 29.9 Å². The number of aromatic nitrogens is 2. The molecule has 0 aromatic carbocycles. The first kappa shape index (κ1) is 14.6. The zero-order valence-corrected chi connectivity index (χ0v) is 12.5. The Labute approximate surface area is 130 Å². The molecule has 2 N–H and O–H groups in total. The molecule has 0 spiro atoms. The topological polar surface area (TPSA) is 98.4 Å². The standard InChI is InChI=1S/C14H14N4O3S/c15-13(19)9-1-2-10(16-5-9)12-6-18(3-4-21-12)14(20)11-7-22-8-17-11/h1-2,5,7-8,12H,3-4,6H2,(H2,15,19). The molecule has 2 aromatic heterocycles. The van der Waals surface area contributed by atoms with Crippen molar-refractivity contribution in [1.29, 1.82) is 0 Å². The molecule has 0 bridgehead atoms. The first-order chi connectivity index (χ1) is 10.6. The van der Waals surface area contributed by atoms with Gasteiger partial charge in [-0.3, -0.25) is 14.6 Å². The van der Waals surface area contributed by atoms with E-state index in [0.29, 0.717) is 36.6 Å². The van der Waals surface area contributed by atoms with Gasteiger partial charge >= 0.3 is 0 Å². The van der Waals surface area contributed by atoms with E-state index in [2.05, 4.69) is 9.97 Å². The van der Waals surface area contributed by atoms with E-state index in [4.69, 9.17) is 10.5 Å². The number of ether oxygens (including phenoxy) is 1. The van der Waals surface area contributed by atoms with Gasteiger partial charge in [0.25, 0.3) is 5.91 Å². The van der Waals surface area contributed by atoms with Gasteiger partial charge in [-0.25, -0.2) is 4.98 Å². The van der Waals surface area contributed by atoms with Crippen LogP contribution in [0.25, 0.3) is 0 Å². The second-order valence-electron chi connectivity index (χ2n) is 4.82. The zero-order valence-electron chi connectivity index (χ0n) is 11.6. The van der Waals surface area contributed by atoms with Gasteiger partial charge < -0.3 is 15.4 Å². The van der Waals surface area contributed by atoms with E-state index in [1.807, 2.05) is 0 Å². The maximum absolute atomic E-state index is 12.3. The molecule has 1 unspecified atom stereocenters. The number of rotatable bonds is 3. The van der Waals surface area contributed by atoms with E-state index >= 15 is 0 Å². The maximum atomic E-state index is 12.3. The van der Waals surface area contributed by atoms with Crippen molar-refractivity contribution in [3.63, 3.8) is 0 Å². The highest BCUT2D eigenvalue weighted by molar-refractivity contribution is 7.07. The Morgan fingerprint density at radius 2 is 2.23 bits per heavy atom. The Balaban J connectivity index is 1.72. The summed E-state index contributed by atoms with van der Waals surface area (Å²) in [7, 11) is 0. The molecule has 2 amide bonds. The number of primary amides is 1. The Bertz CT molecular complexity index is 672. The Morgan fingerprint density at radius 1 is 1.36 bits per heavy atom. The predicted molar refractivity (Wildman–Crippen MR) is 79.5 cm³/mol. The minimum absolute atomic E-state index is 0.108. The van der Waals surface area contributed by atoms with Crippen LogP contribution < -0.4 is 5.73 Å². The van der Waals surface area contributed by atoms with Crippen LogP contribution in [0, 0.1) is 0 Å². The van der Waals surface area contributed by atoms with Gasteiger partial charge in [-0.15, -0.1) is 11.3 Å². The molecule has 2 aromatic rings. The summed E-state index contributed by atoms with van der Waals surface area (Å²) in [4.78, 5) is 33.3. The zero-order chi connectivity index (χ0) is 15.5. The Morgan fingerprint density at radius 3 is 2.86 bits per heavy atom. The molecule has 0 radical (unpaired) electrons. The second-order valence-corrected chi connectivity index (χ2v) is 5.54. The second kappa shape index (κ2) is 6.20. The molecule has 1 aliphatic rings. The molecule has 1 atom stereocenters. The normalized spacial score (nSPS) is 18.2. The molecule has 0 aliphatic carbocycles. The molecule has 114 valence electrons. The smallest absolute Gasteiger partial charge is 0.273 e. The highest BCUT2D eigenvalue weighted by Gasteiger charge is 2.27. The third-order valence-corrected chi connectivity index (χ3v) is 3.99. The number of morpholine rings is 1. The number of nitrogens with zero attached hydrogens (tertiary/aromatic N) is 3. The summed E-state index contributed by atoms with van der Waals surface area (Å²) in [6.07, 6.45) is 1.10.